The van der Waals surface area contributed by atoms with Crippen LogP contribution >= 0.6 is 0 Å². The summed E-state index contributed by atoms with van der Waals surface area (Å²) >= 11 is 0. The molecule has 0 atom stereocenters. The molecule has 0 radical (unpaired) electrons. The second-order valence-electron chi connectivity index (χ2n) is 4.63. The van der Waals surface area contributed by atoms with E-state index in [-0.39, 0.29) is 0 Å². The van der Waals surface area contributed by atoms with E-state index in [1.165, 1.54) is 16.4 Å². The zero-order chi connectivity index (χ0) is 12.2. The van der Waals surface area contributed by atoms with Gasteiger partial charge in [0.2, 0.25) is 6.71 Å². The highest BCUT2D eigenvalue weighted by molar-refractivity contribution is 6.91. The quantitative estimate of drug-likeness (QED) is 0.711. The van der Waals surface area contributed by atoms with Crippen molar-refractivity contribution in [1.82, 2.24) is 0 Å². The summed E-state index contributed by atoms with van der Waals surface area (Å²) in [5.74, 6) is 0. The molecule has 0 bridgehead atoms. The Morgan fingerprint density at radius 3 is 1.72 bits per heavy atom. The summed E-state index contributed by atoms with van der Waals surface area (Å²) in [4.78, 5) is 0. The molecule has 0 nitrogen and oxygen atoms in total. The van der Waals surface area contributed by atoms with Crippen LogP contribution in [0.25, 0.3) is 0 Å². The Hall–Kier alpha value is -2.02. The molecule has 0 amide bonds. The maximum absolute atomic E-state index is 2.25. The van der Waals surface area contributed by atoms with E-state index in [2.05, 4.69) is 78.9 Å². The zero-order valence-corrected chi connectivity index (χ0v) is 10.3. The third kappa shape index (κ3) is 2.17. The molecule has 0 aromatic heterocycles. The minimum atomic E-state index is 0.391. The van der Waals surface area contributed by atoms with Gasteiger partial charge < -0.3 is 0 Å². The molecule has 0 saturated carbocycles. The van der Waals surface area contributed by atoms with Gasteiger partial charge in [-0.25, -0.2) is 0 Å². The summed E-state index contributed by atoms with van der Waals surface area (Å²) < 4.78 is 0. The Morgan fingerprint density at radius 1 is 0.722 bits per heavy atom. The number of rotatable bonds is 3. The molecular weight excluding hydrogens is 215 g/mol. The van der Waals surface area contributed by atoms with Gasteiger partial charge in [-0.15, -0.1) is 0 Å². The molecule has 18 heavy (non-hydrogen) atoms. The van der Waals surface area contributed by atoms with Crippen LogP contribution in [0.4, 0.5) is 0 Å². The van der Waals surface area contributed by atoms with Crippen LogP contribution in [0.15, 0.2) is 84.4 Å². The zero-order valence-electron chi connectivity index (χ0n) is 10.3. The minimum absolute atomic E-state index is 0.391. The third-order valence-electron chi connectivity index (χ3n) is 3.44. The fourth-order valence-electron chi connectivity index (χ4n) is 2.59. The van der Waals surface area contributed by atoms with E-state index >= 15 is 0 Å². The maximum atomic E-state index is 2.25. The summed E-state index contributed by atoms with van der Waals surface area (Å²) in [5.41, 5.74) is 4.23. The van der Waals surface area contributed by atoms with E-state index in [1.807, 2.05) is 0 Å². The molecule has 0 aliphatic heterocycles. The molecule has 0 unspecified atom stereocenters. The molecule has 1 aliphatic rings. The van der Waals surface area contributed by atoms with Gasteiger partial charge in [0, 0.05) is 0 Å². The molecule has 0 spiro atoms. The molecule has 0 fully saturated rings. The van der Waals surface area contributed by atoms with Gasteiger partial charge in [-0.3, -0.25) is 0 Å². The molecule has 0 saturated heterocycles. The highest BCUT2D eigenvalue weighted by atomic mass is 14.0. The van der Waals surface area contributed by atoms with Crippen LogP contribution in [0.1, 0.15) is 6.42 Å². The normalized spacial score (nSPS) is 13.4. The molecule has 2 aromatic carbocycles. The van der Waals surface area contributed by atoms with E-state index in [9.17, 15) is 0 Å². The van der Waals surface area contributed by atoms with Crippen molar-refractivity contribution < 1.29 is 0 Å². The predicted molar refractivity (Wildman–Crippen MR) is 79.7 cm³/mol. The molecule has 2 aromatic rings. The van der Waals surface area contributed by atoms with Crippen molar-refractivity contribution in [3.05, 3.63) is 84.4 Å². The van der Waals surface area contributed by atoms with Crippen LogP contribution in [0.3, 0.4) is 0 Å². The number of hydrogen-bond acceptors (Lipinski definition) is 0. The Balaban J connectivity index is 2.05. The van der Waals surface area contributed by atoms with Gasteiger partial charge >= 0.3 is 0 Å². The van der Waals surface area contributed by atoms with Gasteiger partial charge in [0.15, 0.2) is 0 Å². The maximum Gasteiger partial charge on any atom is 0.237 e. The number of benzene rings is 2. The van der Waals surface area contributed by atoms with Crippen molar-refractivity contribution in [2.75, 3.05) is 0 Å². The van der Waals surface area contributed by atoms with Gasteiger partial charge in [0.05, 0.1) is 0 Å². The van der Waals surface area contributed by atoms with Crippen molar-refractivity contribution in [3.63, 3.8) is 0 Å². The summed E-state index contributed by atoms with van der Waals surface area (Å²) in [5, 5.41) is 0. The second-order valence-corrected chi connectivity index (χ2v) is 4.63. The first-order valence-corrected chi connectivity index (χ1v) is 6.40. The molecule has 1 heteroatoms. The Bertz CT molecular complexity index is 528. The minimum Gasteiger partial charge on any atom is -0.0870 e. The monoisotopic (exact) mass is 230 g/mol. The first kappa shape index (κ1) is 11.1. The predicted octanol–water partition coefficient (Wildman–Crippen LogP) is 2.72. The summed E-state index contributed by atoms with van der Waals surface area (Å²) in [6, 6.07) is 21.5. The summed E-state index contributed by atoms with van der Waals surface area (Å²) in [7, 11) is 0. The van der Waals surface area contributed by atoms with E-state index in [1.54, 1.807) is 0 Å². The lowest BCUT2D eigenvalue weighted by molar-refractivity contribution is 1.39. The fourth-order valence-corrected chi connectivity index (χ4v) is 2.59. The summed E-state index contributed by atoms with van der Waals surface area (Å²) in [6.45, 7) is 0.391. The summed E-state index contributed by atoms with van der Waals surface area (Å²) in [6.07, 6.45) is 7.71. The lowest BCUT2D eigenvalue weighted by atomic mass is 9.36. The van der Waals surface area contributed by atoms with Gasteiger partial charge in [0.1, 0.15) is 0 Å². The van der Waals surface area contributed by atoms with Crippen LogP contribution in [-0.2, 0) is 0 Å². The average Bonchev–Trinajstić information content (AvgIpc) is 2.95. The fraction of sp³-hybridized carbons (Fsp3) is 0.0588. The molecule has 0 N–H and O–H groups in total. The standard InChI is InChI=1S/C17H15B/c1-3-9-15(10-4-1)18(17-13-7-8-14-17)16-11-5-2-6-12-16/h1-13H,14H2. The van der Waals surface area contributed by atoms with E-state index in [4.69, 9.17) is 0 Å². The van der Waals surface area contributed by atoms with Crippen molar-refractivity contribution in [1.29, 1.82) is 0 Å². The first-order chi connectivity index (χ1) is 8.95. The van der Waals surface area contributed by atoms with Crippen molar-refractivity contribution in [2.24, 2.45) is 0 Å². The smallest absolute Gasteiger partial charge is 0.0870 e. The van der Waals surface area contributed by atoms with Crippen LogP contribution in [0.2, 0.25) is 0 Å². The molecule has 86 valence electrons. The number of allylic oxidation sites excluding steroid dienone is 4. The van der Waals surface area contributed by atoms with E-state index in [0.717, 1.165) is 6.42 Å². The van der Waals surface area contributed by atoms with Gasteiger partial charge in [-0.1, -0.05) is 95.3 Å². The molecule has 3 rings (SSSR count). The largest absolute Gasteiger partial charge is 0.237 e. The van der Waals surface area contributed by atoms with Crippen molar-refractivity contribution in [2.45, 2.75) is 6.42 Å². The highest BCUT2D eigenvalue weighted by Crippen LogP contribution is 2.14. The lowest BCUT2D eigenvalue weighted by Crippen LogP contribution is -2.43. The van der Waals surface area contributed by atoms with Crippen LogP contribution in [0.5, 0.6) is 0 Å². The molecule has 1 aliphatic carbocycles. The SMILES string of the molecule is C1=CCC(B(c2ccccc2)c2ccccc2)=C1. The molecular formula is C17H15B. The van der Waals surface area contributed by atoms with Gasteiger partial charge in [0.25, 0.3) is 0 Å². The Morgan fingerprint density at radius 2 is 1.28 bits per heavy atom. The first-order valence-electron chi connectivity index (χ1n) is 6.40. The van der Waals surface area contributed by atoms with Gasteiger partial charge in [-0.2, -0.15) is 0 Å². The van der Waals surface area contributed by atoms with Crippen molar-refractivity contribution in [3.8, 4) is 0 Å². The number of hydrogen-bond donors (Lipinski definition) is 0. The topological polar surface area (TPSA) is 0 Å². The van der Waals surface area contributed by atoms with Crippen LogP contribution < -0.4 is 10.9 Å². The van der Waals surface area contributed by atoms with E-state index in [0.29, 0.717) is 6.71 Å². The Kier molecular flexibility index (Phi) is 3.14. The highest BCUT2D eigenvalue weighted by Gasteiger charge is 2.23. The Labute approximate surface area is 109 Å². The van der Waals surface area contributed by atoms with Crippen molar-refractivity contribution >= 4 is 17.6 Å². The van der Waals surface area contributed by atoms with Crippen LogP contribution in [-0.4, -0.2) is 6.71 Å². The average molecular weight is 230 g/mol. The van der Waals surface area contributed by atoms with E-state index < -0.39 is 0 Å². The van der Waals surface area contributed by atoms with Crippen LogP contribution in [0, 0.1) is 0 Å². The lowest BCUT2D eigenvalue weighted by Gasteiger charge is -2.16. The van der Waals surface area contributed by atoms with Gasteiger partial charge in [-0.05, 0) is 6.42 Å². The third-order valence-corrected chi connectivity index (χ3v) is 3.44. The molecule has 0 heterocycles. The second kappa shape index (κ2) is 5.09.